The third kappa shape index (κ3) is 6.79. The van der Waals surface area contributed by atoms with Crippen LogP contribution < -0.4 is 5.32 Å². The molecule has 0 aromatic heterocycles. The fourth-order valence-corrected chi connectivity index (χ4v) is 9.07. The van der Waals surface area contributed by atoms with Crippen LogP contribution in [0.1, 0.15) is 91.4 Å². The van der Waals surface area contributed by atoms with Crippen molar-refractivity contribution in [1.29, 1.82) is 0 Å². The van der Waals surface area contributed by atoms with Crippen molar-refractivity contribution in [2.75, 3.05) is 25.4 Å². The number of amides is 2. The highest BCUT2D eigenvalue weighted by molar-refractivity contribution is 7.89. The van der Waals surface area contributed by atoms with Gasteiger partial charge in [0.05, 0.1) is 5.75 Å². The Morgan fingerprint density at radius 3 is 2.43 bits per heavy atom. The van der Waals surface area contributed by atoms with E-state index in [2.05, 4.69) is 31.0 Å². The van der Waals surface area contributed by atoms with Crippen LogP contribution >= 0.6 is 0 Å². The monoisotopic (exact) mass is 509 g/mol. The zero-order valence-electron chi connectivity index (χ0n) is 22.1. The van der Waals surface area contributed by atoms with Crippen LogP contribution in [0, 0.1) is 29.6 Å². The van der Waals surface area contributed by atoms with Crippen LogP contribution in [-0.4, -0.2) is 66.9 Å². The number of rotatable bonds is 4. The lowest BCUT2D eigenvalue weighted by atomic mass is 9.78. The predicted molar refractivity (Wildman–Crippen MR) is 138 cm³/mol. The Balaban J connectivity index is 1.48. The minimum Gasteiger partial charge on any atom is -0.353 e. The summed E-state index contributed by atoms with van der Waals surface area (Å²) in [5, 5.41) is 3.24. The van der Waals surface area contributed by atoms with E-state index in [-0.39, 0.29) is 47.4 Å². The van der Waals surface area contributed by atoms with E-state index in [1.807, 2.05) is 0 Å². The third-order valence-electron chi connectivity index (χ3n) is 9.12. The van der Waals surface area contributed by atoms with Crippen molar-refractivity contribution in [3.8, 4) is 0 Å². The van der Waals surface area contributed by atoms with Gasteiger partial charge in [-0.1, -0.05) is 33.6 Å². The van der Waals surface area contributed by atoms with Crippen LogP contribution in [0.25, 0.3) is 0 Å². The summed E-state index contributed by atoms with van der Waals surface area (Å²) in [7, 11) is -3.27. The quantitative estimate of drug-likeness (QED) is 0.625. The molecule has 4 aliphatic rings. The molecule has 5 atom stereocenters. The van der Waals surface area contributed by atoms with Crippen molar-refractivity contribution in [3.05, 3.63) is 0 Å². The van der Waals surface area contributed by atoms with Crippen molar-refractivity contribution in [3.63, 3.8) is 0 Å². The van der Waals surface area contributed by atoms with Gasteiger partial charge in [-0.3, -0.25) is 9.59 Å². The molecule has 35 heavy (non-hydrogen) atoms. The molecule has 4 fully saturated rings. The van der Waals surface area contributed by atoms with E-state index in [4.69, 9.17) is 0 Å². The highest BCUT2D eigenvalue weighted by atomic mass is 32.2. The van der Waals surface area contributed by atoms with Crippen molar-refractivity contribution in [2.45, 2.75) is 103 Å². The molecule has 3 heterocycles. The van der Waals surface area contributed by atoms with Gasteiger partial charge in [0.15, 0.2) is 0 Å². The number of fused-ring (bicyclic) bond motifs is 4. The van der Waals surface area contributed by atoms with Gasteiger partial charge in [0.25, 0.3) is 0 Å². The lowest BCUT2D eigenvalue weighted by Crippen LogP contribution is -2.60. The summed E-state index contributed by atoms with van der Waals surface area (Å²) in [5.74, 6) is 1.94. The summed E-state index contributed by atoms with van der Waals surface area (Å²) in [4.78, 5) is 28.3. The van der Waals surface area contributed by atoms with Crippen LogP contribution in [0.4, 0.5) is 0 Å². The highest BCUT2D eigenvalue weighted by Crippen LogP contribution is 2.38. The number of carbonyl (C=O) groups excluding carboxylic acids is 2. The van der Waals surface area contributed by atoms with Crippen LogP contribution in [-0.2, 0) is 19.6 Å². The van der Waals surface area contributed by atoms with Gasteiger partial charge in [0, 0.05) is 44.6 Å². The lowest BCUT2D eigenvalue weighted by molar-refractivity contribution is -0.141. The number of sulfonamides is 1. The normalized spacial score (nSPS) is 34.6. The summed E-state index contributed by atoms with van der Waals surface area (Å²) >= 11 is 0. The molecule has 3 saturated heterocycles. The Labute approximate surface area is 212 Å². The van der Waals surface area contributed by atoms with E-state index >= 15 is 0 Å². The van der Waals surface area contributed by atoms with Gasteiger partial charge in [-0.25, -0.2) is 12.7 Å². The maximum absolute atomic E-state index is 13.5. The van der Waals surface area contributed by atoms with Crippen LogP contribution in [0.2, 0.25) is 0 Å². The average Bonchev–Trinajstić information content (AvgIpc) is 3.29. The van der Waals surface area contributed by atoms with Gasteiger partial charge in [0.2, 0.25) is 21.8 Å². The summed E-state index contributed by atoms with van der Waals surface area (Å²) in [6, 6.07) is 0.186. The number of nitrogens with one attached hydrogen (secondary N) is 1. The van der Waals surface area contributed by atoms with Crippen molar-refractivity contribution < 1.29 is 18.0 Å². The maximum atomic E-state index is 13.5. The second kappa shape index (κ2) is 11.5. The first-order valence-electron chi connectivity index (χ1n) is 14.2. The first-order valence-corrected chi connectivity index (χ1v) is 15.8. The second-order valence-electron chi connectivity index (χ2n) is 12.4. The fraction of sp³-hybridized carbons (Fsp3) is 0.926. The first kappa shape index (κ1) is 26.9. The molecule has 7 nitrogen and oxygen atoms in total. The summed E-state index contributed by atoms with van der Waals surface area (Å²) in [5.41, 5.74) is 0. The number of hydrogen-bond donors (Lipinski definition) is 1. The standard InChI is InChI=1S/C27H47N3O4S/c1-19(2)24-12-11-20(3)13-27(32)30-16-22-14-23(25(30)9-6-10-26(31)28-24)17-29(15-22)35(33,34)18-21-7-4-5-8-21/h19-25H,4-18H2,1-3H3,(H,28,31)/t20-,22+,23-,24+,25+/m1/s1. The smallest absolute Gasteiger partial charge is 0.223 e. The number of carbonyl (C=O) groups is 2. The zero-order chi connectivity index (χ0) is 25.2. The molecule has 1 aliphatic carbocycles. The van der Waals surface area contributed by atoms with E-state index in [0.717, 1.165) is 57.8 Å². The zero-order valence-corrected chi connectivity index (χ0v) is 22.9. The Bertz CT molecular complexity index is 854. The molecule has 200 valence electrons. The van der Waals surface area contributed by atoms with Crippen molar-refractivity contribution in [1.82, 2.24) is 14.5 Å². The van der Waals surface area contributed by atoms with Crippen molar-refractivity contribution >= 4 is 21.8 Å². The lowest BCUT2D eigenvalue weighted by Gasteiger charge is -2.50. The van der Waals surface area contributed by atoms with Gasteiger partial charge in [0.1, 0.15) is 0 Å². The third-order valence-corrected chi connectivity index (χ3v) is 11.1. The largest absolute Gasteiger partial charge is 0.353 e. The molecule has 4 rings (SSSR count). The van der Waals surface area contributed by atoms with Crippen molar-refractivity contribution in [2.24, 2.45) is 29.6 Å². The van der Waals surface area contributed by atoms with Crippen LogP contribution in [0.5, 0.6) is 0 Å². The number of hydrogen-bond acceptors (Lipinski definition) is 4. The predicted octanol–water partition coefficient (Wildman–Crippen LogP) is 3.79. The molecule has 0 aromatic carbocycles. The molecule has 1 N–H and O–H groups in total. The van der Waals surface area contributed by atoms with E-state index in [0.29, 0.717) is 44.3 Å². The number of nitrogens with zero attached hydrogens (tertiary/aromatic N) is 2. The molecular weight excluding hydrogens is 462 g/mol. The summed E-state index contributed by atoms with van der Waals surface area (Å²) in [6.45, 7) is 8.17. The van der Waals surface area contributed by atoms with Gasteiger partial charge in [-0.05, 0) is 74.5 Å². The molecule has 2 bridgehead atoms. The molecule has 0 radical (unpaired) electrons. The van der Waals surface area contributed by atoms with Gasteiger partial charge in [-0.2, -0.15) is 0 Å². The number of piperidine rings is 2. The van der Waals surface area contributed by atoms with E-state index in [1.165, 1.54) is 0 Å². The molecule has 0 unspecified atom stereocenters. The molecule has 2 amide bonds. The second-order valence-corrected chi connectivity index (χ2v) is 14.4. The van der Waals surface area contributed by atoms with E-state index < -0.39 is 10.0 Å². The Morgan fingerprint density at radius 1 is 0.971 bits per heavy atom. The van der Waals surface area contributed by atoms with Crippen LogP contribution in [0.15, 0.2) is 0 Å². The molecular formula is C27H47N3O4S. The van der Waals surface area contributed by atoms with Gasteiger partial charge in [-0.15, -0.1) is 0 Å². The fourth-order valence-electron chi connectivity index (χ4n) is 7.07. The van der Waals surface area contributed by atoms with Gasteiger partial charge < -0.3 is 10.2 Å². The Morgan fingerprint density at radius 2 is 1.71 bits per heavy atom. The summed E-state index contributed by atoms with van der Waals surface area (Å²) in [6.07, 6.45) is 9.68. The summed E-state index contributed by atoms with van der Waals surface area (Å²) < 4.78 is 28.4. The minimum atomic E-state index is -3.27. The maximum Gasteiger partial charge on any atom is 0.223 e. The molecule has 8 heteroatoms. The van der Waals surface area contributed by atoms with Gasteiger partial charge >= 0.3 is 0 Å². The van der Waals surface area contributed by atoms with Crippen LogP contribution in [0.3, 0.4) is 0 Å². The molecule has 0 aromatic rings. The highest BCUT2D eigenvalue weighted by Gasteiger charge is 2.45. The first-order chi connectivity index (χ1) is 16.6. The topological polar surface area (TPSA) is 86.8 Å². The Hall–Kier alpha value is -1.15. The van der Waals surface area contributed by atoms with E-state index in [9.17, 15) is 18.0 Å². The Kier molecular flexibility index (Phi) is 8.83. The minimum absolute atomic E-state index is 0.0323. The molecule has 1 saturated carbocycles. The average molecular weight is 510 g/mol. The molecule has 3 aliphatic heterocycles. The van der Waals surface area contributed by atoms with E-state index in [1.54, 1.807) is 4.31 Å². The SMILES string of the molecule is CC(C)[C@@H]1CC[C@@H](C)CC(=O)N2C[C@H]3C[C@H](CN(S(=O)(=O)CC4CCCC4)C3)[C@@H]2CCCC(=O)N1. The molecule has 0 spiro atoms.